The van der Waals surface area contributed by atoms with Gasteiger partial charge in [-0.2, -0.15) is 0 Å². The van der Waals surface area contributed by atoms with Crippen molar-refractivity contribution in [2.45, 2.75) is 13.3 Å². The van der Waals surface area contributed by atoms with E-state index in [9.17, 15) is 14.4 Å². The molecular weight excluding hydrogens is 250 g/mol. The highest BCUT2D eigenvalue weighted by molar-refractivity contribution is 6.10. The smallest absolute Gasteiger partial charge is 0.309 e. The average molecular weight is 265 g/mol. The van der Waals surface area contributed by atoms with Crippen molar-refractivity contribution in [3.63, 3.8) is 0 Å². The van der Waals surface area contributed by atoms with Crippen LogP contribution in [0.2, 0.25) is 0 Å². The Labute approximate surface area is 110 Å². The molecule has 0 aromatic heterocycles. The van der Waals surface area contributed by atoms with Crippen molar-refractivity contribution in [3.05, 3.63) is 35.9 Å². The first-order chi connectivity index (χ1) is 8.82. The van der Waals surface area contributed by atoms with Gasteiger partial charge in [0.15, 0.2) is 5.78 Å². The molecule has 0 aliphatic carbocycles. The van der Waals surface area contributed by atoms with Gasteiger partial charge in [-0.25, -0.2) is 4.79 Å². The SMILES string of the molecule is CC(=O)NC(=O)CC(=O)c1ccccc1.NC(N)=O. The number of ketones is 1. The van der Waals surface area contributed by atoms with E-state index in [0.29, 0.717) is 5.56 Å². The third kappa shape index (κ3) is 9.04. The van der Waals surface area contributed by atoms with Gasteiger partial charge in [0.25, 0.3) is 0 Å². The molecule has 0 heterocycles. The Balaban J connectivity index is 0.000000711. The average Bonchev–Trinajstić information content (AvgIpc) is 2.28. The van der Waals surface area contributed by atoms with Crippen molar-refractivity contribution in [2.24, 2.45) is 11.5 Å². The lowest BCUT2D eigenvalue weighted by Gasteiger charge is -2.00. The van der Waals surface area contributed by atoms with Crippen molar-refractivity contribution in [1.82, 2.24) is 5.32 Å². The van der Waals surface area contributed by atoms with E-state index in [4.69, 9.17) is 4.79 Å². The molecule has 7 heteroatoms. The number of benzene rings is 1. The van der Waals surface area contributed by atoms with Crippen molar-refractivity contribution < 1.29 is 19.2 Å². The summed E-state index contributed by atoms with van der Waals surface area (Å²) in [6.07, 6.45) is -0.302. The Morgan fingerprint density at radius 2 is 1.53 bits per heavy atom. The minimum absolute atomic E-state index is 0.297. The molecule has 0 radical (unpaired) electrons. The number of carbonyl (C=O) groups excluding carboxylic acids is 4. The molecule has 4 amide bonds. The number of Topliss-reactive ketones (excluding diaryl/α,β-unsaturated/α-hetero) is 1. The number of hydrogen-bond donors (Lipinski definition) is 3. The standard InChI is InChI=1S/C11H11NO3.CH4N2O/c1-8(13)12-11(15)7-10(14)9-5-3-2-4-6-9;2-1(3)4/h2-6H,7H2,1H3,(H,12,13,15);(H4,2,3,4). The number of urea groups is 1. The number of carbonyl (C=O) groups is 4. The molecule has 1 rings (SSSR count). The van der Waals surface area contributed by atoms with Gasteiger partial charge in [-0.1, -0.05) is 30.3 Å². The maximum Gasteiger partial charge on any atom is 0.309 e. The summed E-state index contributed by atoms with van der Waals surface area (Å²) in [6.45, 7) is 1.23. The van der Waals surface area contributed by atoms with E-state index >= 15 is 0 Å². The van der Waals surface area contributed by atoms with Gasteiger partial charge >= 0.3 is 6.03 Å². The minimum Gasteiger partial charge on any atom is -0.352 e. The van der Waals surface area contributed by atoms with Crippen molar-refractivity contribution in [1.29, 1.82) is 0 Å². The van der Waals surface area contributed by atoms with Crippen molar-refractivity contribution in [3.8, 4) is 0 Å². The van der Waals surface area contributed by atoms with Gasteiger partial charge in [0.05, 0.1) is 6.42 Å². The summed E-state index contributed by atoms with van der Waals surface area (Å²) < 4.78 is 0. The number of nitrogens with two attached hydrogens (primary N) is 2. The van der Waals surface area contributed by atoms with Crippen LogP contribution in [0, 0.1) is 0 Å². The van der Waals surface area contributed by atoms with E-state index in [1.165, 1.54) is 6.92 Å². The Kier molecular flexibility index (Phi) is 7.21. The van der Waals surface area contributed by atoms with Crippen LogP contribution >= 0.6 is 0 Å². The molecule has 0 atom stereocenters. The number of primary amides is 2. The molecule has 0 saturated heterocycles. The monoisotopic (exact) mass is 265 g/mol. The maximum atomic E-state index is 11.5. The topological polar surface area (TPSA) is 132 Å². The van der Waals surface area contributed by atoms with Crippen LogP contribution in [0.5, 0.6) is 0 Å². The number of amides is 4. The molecular formula is C12H15N3O4. The van der Waals surface area contributed by atoms with Crippen molar-refractivity contribution in [2.75, 3.05) is 0 Å². The van der Waals surface area contributed by atoms with Crippen LogP contribution in [0.4, 0.5) is 4.79 Å². The Hall–Kier alpha value is -2.70. The quantitative estimate of drug-likeness (QED) is 0.521. The van der Waals surface area contributed by atoms with E-state index < -0.39 is 17.8 Å². The van der Waals surface area contributed by atoms with Gasteiger partial charge in [-0.15, -0.1) is 0 Å². The second-order valence-corrected chi connectivity index (χ2v) is 3.47. The molecule has 102 valence electrons. The lowest BCUT2D eigenvalue weighted by Crippen LogP contribution is -2.29. The zero-order valence-corrected chi connectivity index (χ0v) is 10.4. The molecule has 0 unspecified atom stereocenters. The van der Waals surface area contributed by atoms with E-state index in [1.54, 1.807) is 30.3 Å². The molecule has 0 saturated carbocycles. The van der Waals surface area contributed by atoms with Gasteiger partial charge in [-0.05, 0) is 0 Å². The zero-order valence-electron chi connectivity index (χ0n) is 10.4. The number of hydrogen-bond acceptors (Lipinski definition) is 4. The highest BCUT2D eigenvalue weighted by atomic mass is 16.2. The van der Waals surface area contributed by atoms with Gasteiger partial charge in [0.1, 0.15) is 0 Å². The van der Waals surface area contributed by atoms with E-state index in [2.05, 4.69) is 11.5 Å². The summed E-state index contributed by atoms with van der Waals surface area (Å²) in [5.74, 6) is -1.33. The molecule has 0 bridgehead atoms. The van der Waals surface area contributed by atoms with Gasteiger partial charge in [0.2, 0.25) is 11.8 Å². The summed E-state index contributed by atoms with van der Waals surface area (Å²) >= 11 is 0. The largest absolute Gasteiger partial charge is 0.352 e. The third-order valence-corrected chi connectivity index (χ3v) is 1.73. The molecule has 0 spiro atoms. The lowest BCUT2D eigenvalue weighted by atomic mass is 10.1. The zero-order chi connectivity index (χ0) is 14.8. The predicted molar refractivity (Wildman–Crippen MR) is 68.0 cm³/mol. The summed E-state index contributed by atoms with van der Waals surface area (Å²) in [7, 11) is 0. The van der Waals surface area contributed by atoms with Crippen LogP contribution in [-0.2, 0) is 9.59 Å². The Morgan fingerprint density at radius 1 is 1.05 bits per heavy atom. The van der Waals surface area contributed by atoms with Crippen LogP contribution in [-0.4, -0.2) is 23.6 Å². The van der Waals surface area contributed by atoms with E-state index in [1.807, 2.05) is 5.32 Å². The molecule has 1 aromatic rings. The second-order valence-electron chi connectivity index (χ2n) is 3.47. The van der Waals surface area contributed by atoms with E-state index in [0.717, 1.165) is 0 Å². The molecule has 0 aliphatic heterocycles. The molecule has 5 N–H and O–H groups in total. The maximum absolute atomic E-state index is 11.5. The first kappa shape index (κ1) is 16.3. The summed E-state index contributed by atoms with van der Waals surface area (Å²) in [6, 6.07) is 7.64. The highest BCUT2D eigenvalue weighted by Crippen LogP contribution is 2.02. The minimum atomic E-state index is -0.833. The fourth-order valence-corrected chi connectivity index (χ4v) is 1.11. The van der Waals surface area contributed by atoms with Gasteiger partial charge in [-0.3, -0.25) is 19.7 Å². The lowest BCUT2D eigenvalue weighted by molar-refractivity contribution is -0.128. The van der Waals surface area contributed by atoms with Crippen LogP contribution < -0.4 is 16.8 Å². The second kappa shape index (κ2) is 8.40. The Morgan fingerprint density at radius 3 is 1.95 bits per heavy atom. The highest BCUT2D eigenvalue weighted by Gasteiger charge is 2.11. The fourth-order valence-electron chi connectivity index (χ4n) is 1.11. The fraction of sp³-hybridized carbons (Fsp3) is 0.167. The third-order valence-electron chi connectivity index (χ3n) is 1.73. The Bertz CT molecular complexity index is 467. The van der Waals surface area contributed by atoms with Gasteiger partial charge < -0.3 is 11.5 Å². The van der Waals surface area contributed by atoms with Crippen LogP contribution in [0.1, 0.15) is 23.7 Å². The predicted octanol–water partition coefficient (Wildman–Crippen LogP) is -0.0541. The number of rotatable bonds is 3. The molecule has 0 fully saturated rings. The van der Waals surface area contributed by atoms with Crippen molar-refractivity contribution >= 4 is 23.6 Å². The molecule has 19 heavy (non-hydrogen) atoms. The molecule has 0 aliphatic rings. The summed E-state index contributed by atoms with van der Waals surface area (Å²) in [4.78, 5) is 42.1. The number of imide groups is 1. The number of nitrogens with one attached hydrogen (secondary N) is 1. The molecule has 7 nitrogen and oxygen atoms in total. The van der Waals surface area contributed by atoms with Crippen LogP contribution in [0.15, 0.2) is 30.3 Å². The van der Waals surface area contributed by atoms with Crippen LogP contribution in [0.25, 0.3) is 0 Å². The van der Waals surface area contributed by atoms with Crippen LogP contribution in [0.3, 0.4) is 0 Å². The van der Waals surface area contributed by atoms with Gasteiger partial charge in [0, 0.05) is 12.5 Å². The first-order valence-electron chi connectivity index (χ1n) is 5.26. The summed E-state index contributed by atoms with van der Waals surface area (Å²) in [5.41, 5.74) is 8.97. The van der Waals surface area contributed by atoms with E-state index in [-0.39, 0.29) is 12.2 Å². The summed E-state index contributed by atoms with van der Waals surface area (Å²) in [5, 5.41) is 2.04. The molecule has 1 aromatic carbocycles. The first-order valence-corrected chi connectivity index (χ1v) is 5.26. The normalized spacial score (nSPS) is 8.68.